The van der Waals surface area contributed by atoms with Crippen LogP contribution in [-0.2, 0) is 0 Å². The van der Waals surface area contributed by atoms with Crippen molar-refractivity contribution in [1.29, 1.82) is 0 Å². The van der Waals surface area contributed by atoms with E-state index in [4.69, 9.17) is 9.51 Å². The third kappa shape index (κ3) is 2.93. The maximum absolute atomic E-state index is 11.9. The molecule has 0 unspecified atom stereocenters. The third-order valence-electron chi connectivity index (χ3n) is 5.00. The summed E-state index contributed by atoms with van der Waals surface area (Å²) in [5, 5.41) is 15.4. The minimum atomic E-state index is -0.972. The molecular weight excluding hydrogens is 364 g/mol. The Morgan fingerprint density at radius 2 is 1.66 bits per heavy atom. The molecule has 0 aliphatic carbocycles. The van der Waals surface area contributed by atoms with Gasteiger partial charge in [-0.3, -0.25) is 0 Å². The molecule has 1 N–H and O–H groups in total. The molecule has 2 heterocycles. The lowest BCUT2D eigenvalue weighted by molar-refractivity contribution is 0.0699. The fourth-order valence-corrected chi connectivity index (χ4v) is 3.56. The Morgan fingerprint density at radius 1 is 0.862 bits per heavy atom. The SMILES string of the molecule is Cc1ccc2nc(-c3ccc4noc(-c5ccccc5)c4c3)cc(C(=O)O)c2c1. The molecule has 29 heavy (non-hydrogen) atoms. The molecular formula is C24H16N2O3. The first-order valence-electron chi connectivity index (χ1n) is 9.20. The minimum Gasteiger partial charge on any atom is -0.478 e. The van der Waals surface area contributed by atoms with E-state index in [2.05, 4.69) is 5.16 Å². The Kier molecular flexibility index (Phi) is 3.88. The molecule has 0 aliphatic heterocycles. The highest BCUT2D eigenvalue weighted by molar-refractivity contribution is 6.04. The van der Waals surface area contributed by atoms with E-state index in [1.807, 2.05) is 73.7 Å². The quantitative estimate of drug-likeness (QED) is 0.433. The second-order valence-electron chi connectivity index (χ2n) is 6.99. The summed E-state index contributed by atoms with van der Waals surface area (Å²) in [4.78, 5) is 16.6. The number of aromatic nitrogens is 2. The van der Waals surface area contributed by atoms with E-state index >= 15 is 0 Å². The van der Waals surface area contributed by atoms with Crippen LogP contribution in [0.1, 0.15) is 15.9 Å². The van der Waals surface area contributed by atoms with E-state index in [0.29, 0.717) is 22.4 Å². The average Bonchev–Trinajstić information content (AvgIpc) is 3.16. The Bertz CT molecular complexity index is 1390. The van der Waals surface area contributed by atoms with Crippen LogP contribution in [0.25, 0.3) is 44.4 Å². The van der Waals surface area contributed by atoms with Gasteiger partial charge in [-0.05, 0) is 37.3 Å². The molecule has 140 valence electrons. The van der Waals surface area contributed by atoms with E-state index in [1.165, 1.54) is 0 Å². The molecule has 0 bridgehead atoms. The maximum Gasteiger partial charge on any atom is 0.336 e. The van der Waals surface area contributed by atoms with Crippen LogP contribution in [0.15, 0.2) is 77.3 Å². The Morgan fingerprint density at radius 3 is 2.45 bits per heavy atom. The molecule has 5 aromatic rings. The first-order chi connectivity index (χ1) is 14.1. The largest absolute Gasteiger partial charge is 0.478 e. The summed E-state index contributed by atoms with van der Waals surface area (Å²) in [6.07, 6.45) is 0. The van der Waals surface area contributed by atoms with Gasteiger partial charge in [0.25, 0.3) is 0 Å². The molecule has 3 aromatic carbocycles. The minimum absolute atomic E-state index is 0.238. The number of carboxylic acid groups (broad SMARTS) is 1. The molecule has 5 nitrogen and oxygen atoms in total. The first-order valence-corrected chi connectivity index (χ1v) is 9.20. The van der Waals surface area contributed by atoms with Crippen molar-refractivity contribution in [2.24, 2.45) is 0 Å². The van der Waals surface area contributed by atoms with Gasteiger partial charge in [0.15, 0.2) is 5.76 Å². The highest BCUT2D eigenvalue weighted by Gasteiger charge is 2.16. The smallest absolute Gasteiger partial charge is 0.336 e. The number of pyridine rings is 1. The summed E-state index contributed by atoms with van der Waals surface area (Å²) in [6, 6.07) is 22.7. The average molecular weight is 380 g/mol. The van der Waals surface area contributed by atoms with Gasteiger partial charge in [-0.2, -0.15) is 0 Å². The van der Waals surface area contributed by atoms with Crippen LogP contribution in [0.4, 0.5) is 0 Å². The summed E-state index contributed by atoms with van der Waals surface area (Å²) < 4.78 is 5.57. The number of aryl methyl sites for hydroxylation is 1. The zero-order valence-electron chi connectivity index (χ0n) is 15.6. The number of carboxylic acids is 1. The molecule has 0 fully saturated rings. The number of hydrogen-bond donors (Lipinski definition) is 1. The Balaban J connectivity index is 1.72. The van der Waals surface area contributed by atoms with Crippen LogP contribution in [0.2, 0.25) is 0 Å². The molecule has 0 saturated heterocycles. The van der Waals surface area contributed by atoms with Crippen molar-refractivity contribution >= 4 is 27.8 Å². The third-order valence-corrected chi connectivity index (χ3v) is 5.00. The van der Waals surface area contributed by atoms with Crippen LogP contribution < -0.4 is 0 Å². The zero-order chi connectivity index (χ0) is 20.0. The highest BCUT2D eigenvalue weighted by atomic mass is 16.5. The molecule has 5 heteroatoms. The number of fused-ring (bicyclic) bond motifs is 2. The monoisotopic (exact) mass is 380 g/mol. The van der Waals surface area contributed by atoms with E-state index in [-0.39, 0.29) is 5.56 Å². The van der Waals surface area contributed by atoms with E-state index < -0.39 is 5.97 Å². The van der Waals surface area contributed by atoms with Crippen molar-refractivity contribution in [1.82, 2.24) is 10.1 Å². The second-order valence-corrected chi connectivity index (χ2v) is 6.99. The van der Waals surface area contributed by atoms with Gasteiger partial charge in [0, 0.05) is 16.5 Å². The van der Waals surface area contributed by atoms with Gasteiger partial charge in [-0.15, -0.1) is 0 Å². The summed E-state index contributed by atoms with van der Waals surface area (Å²) >= 11 is 0. The van der Waals surface area contributed by atoms with Crippen LogP contribution in [0.3, 0.4) is 0 Å². The number of rotatable bonds is 3. The summed E-state index contributed by atoms with van der Waals surface area (Å²) in [5.41, 5.74) is 4.96. The van der Waals surface area contributed by atoms with Gasteiger partial charge in [0.2, 0.25) is 0 Å². The Hall–Kier alpha value is -3.99. The lowest BCUT2D eigenvalue weighted by atomic mass is 10.0. The van der Waals surface area contributed by atoms with Gasteiger partial charge in [-0.25, -0.2) is 9.78 Å². The fourth-order valence-electron chi connectivity index (χ4n) is 3.56. The first kappa shape index (κ1) is 17.1. The Labute approximate surface area is 166 Å². The molecule has 0 atom stereocenters. The number of benzene rings is 3. The predicted molar refractivity (Wildman–Crippen MR) is 112 cm³/mol. The van der Waals surface area contributed by atoms with Gasteiger partial charge >= 0.3 is 5.97 Å². The number of carbonyl (C=O) groups is 1. The molecule has 0 amide bonds. The van der Waals surface area contributed by atoms with Gasteiger partial charge in [0.05, 0.1) is 22.2 Å². The van der Waals surface area contributed by atoms with Crippen LogP contribution in [0.5, 0.6) is 0 Å². The van der Waals surface area contributed by atoms with Gasteiger partial charge in [0.1, 0.15) is 5.52 Å². The number of nitrogens with zero attached hydrogens (tertiary/aromatic N) is 2. The summed E-state index contributed by atoms with van der Waals surface area (Å²) in [5.74, 6) is -0.294. The van der Waals surface area contributed by atoms with Crippen molar-refractivity contribution in [3.63, 3.8) is 0 Å². The van der Waals surface area contributed by atoms with E-state index in [0.717, 1.165) is 27.6 Å². The molecule has 0 spiro atoms. The zero-order valence-corrected chi connectivity index (χ0v) is 15.6. The summed E-state index contributed by atoms with van der Waals surface area (Å²) in [7, 11) is 0. The fraction of sp³-hybridized carbons (Fsp3) is 0.0417. The van der Waals surface area contributed by atoms with E-state index in [9.17, 15) is 9.90 Å². The molecule has 5 rings (SSSR count). The molecule has 0 saturated carbocycles. The standard InChI is InChI=1S/C24H16N2O3/c1-14-7-9-20-17(11-14)18(24(27)28)13-22(25-20)16-8-10-21-19(12-16)23(29-26-21)15-5-3-2-4-6-15/h2-13H,1H3,(H,27,28). The van der Waals surface area contributed by atoms with E-state index in [1.54, 1.807) is 6.07 Å². The predicted octanol–water partition coefficient (Wildman–Crippen LogP) is 5.72. The van der Waals surface area contributed by atoms with Crippen molar-refractivity contribution in [2.45, 2.75) is 6.92 Å². The lowest BCUT2D eigenvalue weighted by Gasteiger charge is -2.08. The van der Waals surface area contributed by atoms with Gasteiger partial charge < -0.3 is 9.63 Å². The number of hydrogen-bond acceptors (Lipinski definition) is 4. The maximum atomic E-state index is 11.9. The normalized spacial score (nSPS) is 11.2. The van der Waals surface area contributed by atoms with Crippen molar-refractivity contribution in [2.75, 3.05) is 0 Å². The van der Waals surface area contributed by atoms with Crippen LogP contribution >= 0.6 is 0 Å². The topological polar surface area (TPSA) is 76.2 Å². The molecule has 0 aliphatic rings. The highest BCUT2D eigenvalue weighted by Crippen LogP contribution is 2.33. The molecule has 2 aromatic heterocycles. The van der Waals surface area contributed by atoms with Crippen molar-refractivity contribution in [3.05, 3.63) is 83.9 Å². The van der Waals surface area contributed by atoms with Crippen LogP contribution in [0, 0.1) is 6.92 Å². The van der Waals surface area contributed by atoms with Crippen LogP contribution in [-0.4, -0.2) is 21.2 Å². The number of aromatic carboxylic acids is 1. The van der Waals surface area contributed by atoms with Crippen molar-refractivity contribution < 1.29 is 14.4 Å². The van der Waals surface area contributed by atoms with Gasteiger partial charge in [-0.1, -0.05) is 53.2 Å². The van der Waals surface area contributed by atoms with Crippen molar-refractivity contribution in [3.8, 4) is 22.6 Å². The summed E-state index contributed by atoms with van der Waals surface area (Å²) in [6.45, 7) is 1.93. The molecule has 0 radical (unpaired) electrons. The lowest BCUT2D eigenvalue weighted by Crippen LogP contribution is -2.00. The second kappa shape index (κ2) is 6.56.